The lowest BCUT2D eigenvalue weighted by atomic mass is 9.89. The van der Waals surface area contributed by atoms with Crippen molar-refractivity contribution in [2.45, 2.75) is 52.6 Å². The molecule has 0 radical (unpaired) electrons. The topological polar surface area (TPSA) is 50.2 Å². The van der Waals surface area contributed by atoms with E-state index in [4.69, 9.17) is 4.98 Å². The van der Waals surface area contributed by atoms with Crippen molar-refractivity contribution in [3.8, 4) is 0 Å². The molecule has 6 heteroatoms. The quantitative estimate of drug-likeness (QED) is 0.704. The normalized spacial score (nSPS) is 19.4. The number of hydrogen-bond donors (Lipinski definition) is 2. The summed E-state index contributed by atoms with van der Waals surface area (Å²) >= 11 is 3.53. The van der Waals surface area contributed by atoms with Crippen LogP contribution in [0.3, 0.4) is 0 Å². The van der Waals surface area contributed by atoms with E-state index >= 15 is 0 Å². The molecule has 3 heterocycles. The Morgan fingerprint density at radius 1 is 1.46 bits per heavy atom. The number of fused-ring (bicyclic) bond motifs is 3. The van der Waals surface area contributed by atoms with Gasteiger partial charge in [-0.05, 0) is 56.0 Å². The third kappa shape index (κ3) is 3.26. The molecule has 0 saturated carbocycles. The highest BCUT2D eigenvalue weighted by atomic mass is 32.1. The van der Waals surface area contributed by atoms with Gasteiger partial charge in [0.15, 0.2) is 5.82 Å². The maximum absolute atomic E-state index is 12.9. The first-order chi connectivity index (χ1) is 12.6. The number of nitrogens with zero attached hydrogens (tertiary/aromatic N) is 1. The maximum atomic E-state index is 12.9. The monoisotopic (exact) mass is 388 g/mol. The van der Waals surface area contributed by atoms with Crippen LogP contribution in [0.5, 0.6) is 0 Å². The van der Waals surface area contributed by atoms with E-state index < -0.39 is 0 Å². The molecule has 0 spiro atoms. The summed E-state index contributed by atoms with van der Waals surface area (Å²) in [6, 6.07) is 4.44. The SMILES string of the molecule is CC[NH+](Cc1cccs1)[C@@H](C)c1nc2sc3c(c2c(=O)[nH]1)CC[C@@H](C)C3. The Kier molecular flexibility index (Phi) is 4.99. The van der Waals surface area contributed by atoms with Crippen molar-refractivity contribution in [2.75, 3.05) is 6.54 Å². The average Bonchev–Trinajstić information content (AvgIpc) is 3.25. The van der Waals surface area contributed by atoms with Crippen molar-refractivity contribution >= 4 is 32.9 Å². The molecule has 3 aromatic heterocycles. The van der Waals surface area contributed by atoms with Crippen molar-refractivity contribution in [1.82, 2.24) is 9.97 Å². The zero-order valence-corrected chi connectivity index (χ0v) is 17.2. The molecule has 138 valence electrons. The number of rotatable bonds is 5. The lowest BCUT2D eigenvalue weighted by Crippen LogP contribution is -3.10. The van der Waals surface area contributed by atoms with Crippen LogP contribution in [-0.4, -0.2) is 16.5 Å². The van der Waals surface area contributed by atoms with E-state index in [9.17, 15) is 4.79 Å². The number of thiophene rings is 2. The van der Waals surface area contributed by atoms with Gasteiger partial charge in [0.1, 0.15) is 17.4 Å². The molecule has 4 rings (SSSR count). The smallest absolute Gasteiger partial charge is 0.260 e. The molecule has 0 aliphatic heterocycles. The fourth-order valence-corrected chi connectivity index (χ4v) is 6.13. The number of aromatic nitrogens is 2. The Bertz CT molecular complexity index is 958. The van der Waals surface area contributed by atoms with Gasteiger partial charge in [-0.25, -0.2) is 4.98 Å². The van der Waals surface area contributed by atoms with Gasteiger partial charge >= 0.3 is 0 Å². The van der Waals surface area contributed by atoms with Gasteiger partial charge in [0.05, 0.1) is 16.8 Å². The third-order valence-electron chi connectivity index (χ3n) is 5.64. The first-order valence-electron chi connectivity index (χ1n) is 9.48. The van der Waals surface area contributed by atoms with Crippen LogP contribution in [-0.2, 0) is 19.4 Å². The lowest BCUT2D eigenvalue weighted by molar-refractivity contribution is -0.941. The number of nitrogens with one attached hydrogen (secondary N) is 2. The van der Waals surface area contributed by atoms with Crippen LogP contribution in [0.1, 0.15) is 54.4 Å². The van der Waals surface area contributed by atoms with Crippen LogP contribution >= 0.6 is 22.7 Å². The van der Waals surface area contributed by atoms with Gasteiger partial charge in [0.25, 0.3) is 5.56 Å². The highest BCUT2D eigenvalue weighted by molar-refractivity contribution is 7.18. The second kappa shape index (κ2) is 7.25. The number of aryl methyl sites for hydroxylation is 1. The standard InChI is InChI=1S/C20H25N3OS2/c1-4-23(11-14-6-5-9-25-14)13(3)18-21-19(24)17-15-8-7-12(2)10-16(15)26-20(17)22-18/h5-6,9,12-13H,4,7-8,10-11H2,1-3H3,(H,21,22,24)/p+1/t12-,13+/m1/s1. The van der Waals surface area contributed by atoms with E-state index in [1.807, 2.05) is 0 Å². The van der Waals surface area contributed by atoms with Crippen molar-refractivity contribution in [3.63, 3.8) is 0 Å². The second-order valence-corrected chi connectivity index (χ2v) is 9.59. The van der Waals surface area contributed by atoms with Crippen LogP contribution in [0.25, 0.3) is 10.2 Å². The number of quaternary nitrogens is 1. The van der Waals surface area contributed by atoms with E-state index in [-0.39, 0.29) is 11.6 Å². The van der Waals surface area contributed by atoms with E-state index in [0.29, 0.717) is 5.92 Å². The Morgan fingerprint density at radius 3 is 3.04 bits per heavy atom. The number of aromatic amines is 1. The van der Waals surface area contributed by atoms with Crippen LogP contribution in [0.15, 0.2) is 22.3 Å². The summed E-state index contributed by atoms with van der Waals surface area (Å²) in [7, 11) is 0. The Balaban J connectivity index is 1.69. The van der Waals surface area contributed by atoms with E-state index in [1.165, 1.54) is 26.6 Å². The molecular weight excluding hydrogens is 362 g/mol. The molecular formula is C20H26N3OS2+. The van der Waals surface area contributed by atoms with Crippen molar-refractivity contribution < 1.29 is 4.90 Å². The molecule has 0 saturated heterocycles. The van der Waals surface area contributed by atoms with Crippen molar-refractivity contribution in [1.29, 1.82) is 0 Å². The Hall–Kier alpha value is -1.50. The van der Waals surface area contributed by atoms with Crippen LogP contribution in [0, 0.1) is 5.92 Å². The highest BCUT2D eigenvalue weighted by Gasteiger charge is 2.26. The van der Waals surface area contributed by atoms with Crippen LogP contribution in [0.4, 0.5) is 0 Å². The molecule has 3 atom stereocenters. The van der Waals surface area contributed by atoms with Crippen LogP contribution < -0.4 is 10.5 Å². The largest absolute Gasteiger partial charge is 0.322 e. The predicted molar refractivity (Wildman–Crippen MR) is 109 cm³/mol. The van der Waals surface area contributed by atoms with E-state index in [0.717, 1.165) is 42.0 Å². The average molecular weight is 389 g/mol. The van der Waals surface area contributed by atoms with E-state index in [2.05, 4.69) is 43.3 Å². The lowest BCUT2D eigenvalue weighted by Gasteiger charge is -2.23. The minimum Gasteiger partial charge on any atom is -0.322 e. The zero-order valence-electron chi connectivity index (χ0n) is 15.6. The molecule has 0 bridgehead atoms. The fraction of sp³-hybridized carbons (Fsp3) is 0.500. The van der Waals surface area contributed by atoms with Gasteiger partial charge in [-0.3, -0.25) is 4.79 Å². The van der Waals surface area contributed by atoms with Gasteiger partial charge in [0.2, 0.25) is 0 Å². The maximum Gasteiger partial charge on any atom is 0.260 e. The summed E-state index contributed by atoms with van der Waals surface area (Å²) in [4.78, 5) is 26.0. The Morgan fingerprint density at radius 2 is 2.31 bits per heavy atom. The van der Waals surface area contributed by atoms with Gasteiger partial charge in [-0.2, -0.15) is 0 Å². The minimum absolute atomic E-state index is 0.0514. The molecule has 4 nitrogen and oxygen atoms in total. The first kappa shape index (κ1) is 17.9. The summed E-state index contributed by atoms with van der Waals surface area (Å²) < 4.78 is 0. The van der Waals surface area contributed by atoms with Gasteiger partial charge in [-0.15, -0.1) is 22.7 Å². The summed E-state index contributed by atoms with van der Waals surface area (Å²) in [6.45, 7) is 8.63. The van der Waals surface area contributed by atoms with Crippen molar-refractivity contribution in [3.05, 3.63) is 49.0 Å². The molecule has 2 N–H and O–H groups in total. The molecule has 1 aliphatic carbocycles. The first-order valence-corrected chi connectivity index (χ1v) is 11.2. The van der Waals surface area contributed by atoms with Gasteiger partial charge < -0.3 is 9.88 Å². The summed E-state index contributed by atoms with van der Waals surface area (Å²) in [6.07, 6.45) is 3.28. The molecule has 26 heavy (non-hydrogen) atoms. The zero-order chi connectivity index (χ0) is 18.3. The van der Waals surface area contributed by atoms with Crippen molar-refractivity contribution in [2.24, 2.45) is 5.92 Å². The molecule has 1 aliphatic rings. The summed E-state index contributed by atoms with van der Waals surface area (Å²) in [5.41, 5.74) is 1.31. The highest BCUT2D eigenvalue weighted by Crippen LogP contribution is 2.35. The molecule has 3 aromatic rings. The van der Waals surface area contributed by atoms with Gasteiger partial charge in [-0.1, -0.05) is 13.0 Å². The molecule has 0 amide bonds. The summed E-state index contributed by atoms with van der Waals surface area (Å²) in [5.74, 6) is 1.53. The summed E-state index contributed by atoms with van der Waals surface area (Å²) in [5, 5.41) is 2.97. The van der Waals surface area contributed by atoms with Crippen LogP contribution in [0.2, 0.25) is 0 Å². The predicted octanol–water partition coefficient (Wildman–Crippen LogP) is 3.34. The minimum atomic E-state index is 0.0514. The van der Waals surface area contributed by atoms with E-state index in [1.54, 1.807) is 22.7 Å². The third-order valence-corrected chi connectivity index (χ3v) is 7.67. The van der Waals surface area contributed by atoms with Gasteiger partial charge in [0, 0.05) is 4.88 Å². The number of hydrogen-bond acceptors (Lipinski definition) is 4. The number of H-pyrrole nitrogens is 1. The molecule has 0 aromatic carbocycles. The fourth-order valence-electron chi connectivity index (χ4n) is 3.99. The second-order valence-electron chi connectivity index (χ2n) is 7.47. The Labute approximate surface area is 161 Å². The molecule has 1 unspecified atom stereocenters. The molecule has 0 fully saturated rings.